The Morgan fingerprint density at radius 1 is 1.13 bits per heavy atom. The van der Waals surface area contributed by atoms with Gasteiger partial charge in [0.2, 0.25) is 0 Å². The van der Waals surface area contributed by atoms with Crippen LogP contribution in [0.15, 0.2) is 76.6 Å². The highest BCUT2D eigenvalue weighted by Gasteiger charge is 2.08. The van der Waals surface area contributed by atoms with Crippen molar-refractivity contribution in [3.63, 3.8) is 0 Å². The van der Waals surface area contributed by atoms with Crippen LogP contribution in [-0.2, 0) is 6.61 Å². The van der Waals surface area contributed by atoms with Crippen LogP contribution in [0.25, 0.3) is 17.4 Å². The lowest BCUT2D eigenvalue weighted by Gasteiger charge is -2.05. The standard InChI is InChI=1S/C19H16N2O2/c22-13-16-11-17(8-9-18(16)19-12-20-14-23-19)21-10-4-7-15-5-2-1-3-6-15/h1-12,14,22H,13H2. The van der Waals surface area contributed by atoms with Gasteiger partial charge in [-0.1, -0.05) is 36.4 Å². The molecule has 1 heterocycles. The Morgan fingerprint density at radius 3 is 2.74 bits per heavy atom. The molecule has 0 radical (unpaired) electrons. The lowest BCUT2D eigenvalue weighted by Crippen LogP contribution is -1.88. The number of nitrogens with zero attached hydrogens (tertiary/aromatic N) is 2. The molecule has 0 fully saturated rings. The molecule has 1 N–H and O–H groups in total. The molecule has 4 nitrogen and oxygen atoms in total. The molecule has 0 aliphatic heterocycles. The highest BCUT2D eigenvalue weighted by molar-refractivity contribution is 5.80. The molecule has 0 spiro atoms. The first-order chi connectivity index (χ1) is 11.4. The van der Waals surface area contributed by atoms with Gasteiger partial charge in [0.25, 0.3) is 0 Å². The smallest absolute Gasteiger partial charge is 0.181 e. The average Bonchev–Trinajstić information content (AvgIpc) is 3.14. The van der Waals surface area contributed by atoms with E-state index in [0.717, 1.165) is 22.4 Å². The van der Waals surface area contributed by atoms with Crippen LogP contribution in [0.2, 0.25) is 0 Å². The highest BCUT2D eigenvalue weighted by Crippen LogP contribution is 2.27. The van der Waals surface area contributed by atoms with Crippen molar-refractivity contribution in [3.8, 4) is 11.3 Å². The molecule has 1 aromatic heterocycles. The Balaban J connectivity index is 1.76. The van der Waals surface area contributed by atoms with Crippen molar-refractivity contribution in [2.24, 2.45) is 4.99 Å². The molecule has 0 amide bonds. The van der Waals surface area contributed by atoms with Crippen LogP contribution in [0, 0.1) is 0 Å². The van der Waals surface area contributed by atoms with E-state index >= 15 is 0 Å². The monoisotopic (exact) mass is 304 g/mol. The summed E-state index contributed by atoms with van der Waals surface area (Å²) in [4.78, 5) is 8.28. The number of oxazole rings is 1. The van der Waals surface area contributed by atoms with Crippen molar-refractivity contribution in [1.29, 1.82) is 0 Å². The van der Waals surface area contributed by atoms with Crippen LogP contribution in [-0.4, -0.2) is 16.3 Å². The Morgan fingerprint density at radius 2 is 2.00 bits per heavy atom. The first kappa shape index (κ1) is 14.9. The lowest BCUT2D eigenvalue weighted by molar-refractivity contribution is 0.282. The number of aliphatic hydroxyl groups excluding tert-OH is 1. The molecule has 0 atom stereocenters. The van der Waals surface area contributed by atoms with Gasteiger partial charge in [0, 0.05) is 11.8 Å². The number of aliphatic hydroxyl groups is 1. The summed E-state index contributed by atoms with van der Waals surface area (Å²) in [7, 11) is 0. The van der Waals surface area contributed by atoms with E-state index in [9.17, 15) is 5.11 Å². The molecule has 3 rings (SSSR count). The number of allylic oxidation sites excluding steroid dienone is 1. The van der Waals surface area contributed by atoms with Gasteiger partial charge in [-0.3, -0.25) is 4.99 Å². The summed E-state index contributed by atoms with van der Waals surface area (Å²) in [6.45, 7) is -0.0841. The number of rotatable bonds is 5. The van der Waals surface area contributed by atoms with Crippen LogP contribution in [0.5, 0.6) is 0 Å². The van der Waals surface area contributed by atoms with E-state index < -0.39 is 0 Å². The minimum atomic E-state index is -0.0841. The number of hydrogen-bond acceptors (Lipinski definition) is 4. The summed E-state index contributed by atoms with van der Waals surface area (Å²) in [5.41, 5.74) is 3.47. The molecule has 23 heavy (non-hydrogen) atoms. The quantitative estimate of drug-likeness (QED) is 0.717. The van der Waals surface area contributed by atoms with Gasteiger partial charge in [0.05, 0.1) is 18.5 Å². The second-order valence-corrected chi connectivity index (χ2v) is 4.91. The normalized spacial score (nSPS) is 11.5. The van der Waals surface area contributed by atoms with E-state index in [1.165, 1.54) is 6.39 Å². The van der Waals surface area contributed by atoms with Crippen molar-refractivity contribution in [1.82, 2.24) is 4.98 Å². The summed E-state index contributed by atoms with van der Waals surface area (Å²) in [6, 6.07) is 15.6. The van der Waals surface area contributed by atoms with E-state index in [1.54, 1.807) is 12.4 Å². The number of aliphatic imine (C=N–C) groups is 1. The SMILES string of the molecule is OCc1cc(N=CC=Cc2ccccc2)ccc1-c1cnco1. The summed E-state index contributed by atoms with van der Waals surface area (Å²) in [5, 5.41) is 9.53. The maximum Gasteiger partial charge on any atom is 0.181 e. The fraction of sp³-hybridized carbons (Fsp3) is 0.0526. The van der Waals surface area contributed by atoms with Crippen LogP contribution >= 0.6 is 0 Å². The van der Waals surface area contributed by atoms with E-state index in [4.69, 9.17) is 4.42 Å². The second-order valence-electron chi connectivity index (χ2n) is 4.91. The predicted molar refractivity (Wildman–Crippen MR) is 91.5 cm³/mol. The van der Waals surface area contributed by atoms with E-state index in [1.807, 2.05) is 60.7 Å². The Kier molecular flexibility index (Phi) is 4.76. The Labute approximate surface area is 134 Å². The van der Waals surface area contributed by atoms with Gasteiger partial charge in [0.15, 0.2) is 12.2 Å². The summed E-state index contributed by atoms with van der Waals surface area (Å²) < 4.78 is 5.28. The van der Waals surface area contributed by atoms with Crippen LogP contribution in [0.1, 0.15) is 11.1 Å². The fourth-order valence-corrected chi connectivity index (χ4v) is 2.23. The van der Waals surface area contributed by atoms with Crippen LogP contribution < -0.4 is 0 Å². The van der Waals surface area contributed by atoms with Crippen LogP contribution in [0.4, 0.5) is 5.69 Å². The zero-order valence-corrected chi connectivity index (χ0v) is 12.5. The van der Waals surface area contributed by atoms with Gasteiger partial charge >= 0.3 is 0 Å². The summed E-state index contributed by atoms with van der Waals surface area (Å²) >= 11 is 0. The van der Waals surface area contributed by atoms with Crippen molar-refractivity contribution in [2.75, 3.05) is 0 Å². The number of hydrogen-bond donors (Lipinski definition) is 1. The summed E-state index contributed by atoms with van der Waals surface area (Å²) in [5.74, 6) is 0.633. The summed E-state index contributed by atoms with van der Waals surface area (Å²) in [6.07, 6.45) is 8.60. The highest BCUT2D eigenvalue weighted by atomic mass is 16.3. The van der Waals surface area contributed by atoms with Gasteiger partial charge in [-0.05, 0) is 35.4 Å². The molecule has 0 saturated carbocycles. The van der Waals surface area contributed by atoms with E-state index in [2.05, 4.69) is 9.98 Å². The molecule has 0 aliphatic carbocycles. The Hall–Kier alpha value is -2.98. The molecule has 114 valence electrons. The third kappa shape index (κ3) is 3.81. The fourth-order valence-electron chi connectivity index (χ4n) is 2.23. The van der Waals surface area contributed by atoms with Crippen molar-refractivity contribution >= 4 is 18.0 Å². The zero-order chi connectivity index (χ0) is 15.9. The minimum absolute atomic E-state index is 0.0841. The van der Waals surface area contributed by atoms with Gasteiger partial charge in [0.1, 0.15) is 0 Å². The average molecular weight is 304 g/mol. The van der Waals surface area contributed by atoms with Crippen LogP contribution in [0.3, 0.4) is 0 Å². The number of aromatic nitrogens is 1. The third-order valence-electron chi connectivity index (χ3n) is 3.35. The Bertz CT molecular complexity index is 807. The largest absolute Gasteiger partial charge is 0.444 e. The van der Waals surface area contributed by atoms with Crippen molar-refractivity contribution in [2.45, 2.75) is 6.61 Å². The van der Waals surface area contributed by atoms with E-state index in [0.29, 0.717) is 5.76 Å². The predicted octanol–water partition coefficient (Wildman–Crippen LogP) is 4.25. The third-order valence-corrected chi connectivity index (χ3v) is 3.35. The molecule has 0 bridgehead atoms. The van der Waals surface area contributed by atoms with Crippen molar-refractivity contribution < 1.29 is 9.52 Å². The molecule has 2 aromatic carbocycles. The molecular formula is C19H16N2O2. The number of benzene rings is 2. The molecule has 3 aromatic rings. The zero-order valence-electron chi connectivity index (χ0n) is 12.5. The molecular weight excluding hydrogens is 288 g/mol. The van der Waals surface area contributed by atoms with Gasteiger partial charge in [-0.25, -0.2) is 4.98 Å². The van der Waals surface area contributed by atoms with Gasteiger partial charge in [-0.15, -0.1) is 0 Å². The van der Waals surface area contributed by atoms with E-state index in [-0.39, 0.29) is 6.61 Å². The molecule has 0 saturated heterocycles. The second kappa shape index (κ2) is 7.33. The first-order valence-corrected chi connectivity index (χ1v) is 7.25. The topological polar surface area (TPSA) is 58.6 Å². The van der Waals surface area contributed by atoms with Gasteiger partial charge in [-0.2, -0.15) is 0 Å². The molecule has 0 unspecified atom stereocenters. The van der Waals surface area contributed by atoms with Gasteiger partial charge < -0.3 is 9.52 Å². The van der Waals surface area contributed by atoms with Crippen molar-refractivity contribution in [3.05, 3.63) is 78.3 Å². The molecule has 4 heteroatoms. The maximum absolute atomic E-state index is 9.53. The first-order valence-electron chi connectivity index (χ1n) is 7.25. The molecule has 0 aliphatic rings. The minimum Gasteiger partial charge on any atom is -0.444 e. The maximum atomic E-state index is 9.53. The lowest BCUT2D eigenvalue weighted by atomic mass is 10.1.